The van der Waals surface area contributed by atoms with Crippen molar-refractivity contribution in [3.8, 4) is 0 Å². The summed E-state index contributed by atoms with van der Waals surface area (Å²) in [5.74, 6) is 0. The third kappa shape index (κ3) is 10.4. The maximum Gasteiger partial charge on any atom is 0.156 e. The van der Waals surface area contributed by atoms with Crippen LogP contribution in [0.2, 0.25) is 0 Å². The van der Waals surface area contributed by atoms with Gasteiger partial charge in [0.2, 0.25) is 0 Å². The normalized spacial score (nSPS) is 12.4. The van der Waals surface area contributed by atoms with Crippen molar-refractivity contribution >= 4 is 0 Å². The number of hydrogen-bond donors (Lipinski definition) is 1. The van der Waals surface area contributed by atoms with Crippen molar-refractivity contribution < 1.29 is 14.6 Å². The lowest BCUT2D eigenvalue weighted by Crippen LogP contribution is -2.17. The highest BCUT2D eigenvalue weighted by molar-refractivity contribution is 4.64. The molecule has 0 amide bonds. The van der Waals surface area contributed by atoms with Crippen LogP contribution in [-0.4, -0.2) is 31.2 Å². The molecule has 0 saturated carbocycles. The quantitative estimate of drug-likeness (QED) is 0.464. The molecule has 0 bridgehead atoms. The Morgan fingerprint density at radius 2 is 1.44 bits per heavy atom. The molecule has 0 spiro atoms. The highest BCUT2D eigenvalue weighted by Crippen LogP contribution is 2.15. The zero-order valence-electron chi connectivity index (χ0n) is 11.3. The molecule has 0 atom stereocenters. The van der Waals surface area contributed by atoms with Gasteiger partial charge in [0.15, 0.2) is 6.29 Å². The number of unbranched alkanes of at least 4 members (excludes halogenated alkanes) is 4. The summed E-state index contributed by atoms with van der Waals surface area (Å²) in [7, 11) is 3.36. The van der Waals surface area contributed by atoms with Crippen LogP contribution in [0, 0.1) is 0 Å². The fourth-order valence-electron chi connectivity index (χ4n) is 1.73. The molecule has 0 rings (SSSR count). The molecule has 0 aliphatic rings. The van der Waals surface area contributed by atoms with E-state index in [2.05, 4.69) is 0 Å². The first-order valence-electron chi connectivity index (χ1n) is 6.27. The van der Waals surface area contributed by atoms with Crippen LogP contribution in [0.25, 0.3) is 0 Å². The van der Waals surface area contributed by atoms with Crippen LogP contribution in [-0.2, 0) is 9.47 Å². The van der Waals surface area contributed by atoms with Crippen LogP contribution in [0.4, 0.5) is 0 Å². The van der Waals surface area contributed by atoms with E-state index in [-0.39, 0.29) is 6.29 Å². The van der Waals surface area contributed by atoms with Gasteiger partial charge < -0.3 is 14.6 Å². The molecule has 1 N–H and O–H groups in total. The summed E-state index contributed by atoms with van der Waals surface area (Å²) in [6.07, 6.45) is 7.73. The molecule has 0 aromatic carbocycles. The van der Waals surface area contributed by atoms with Crippen molar-refractivity contribution in [1.29, 1.82) is 0 Å². The van der Waals surface area contributed by atoms with Crippen LogP contribution in [0.5, 0.6) is 0 Å². The molecule has 0 aliphatic heterocycles. The Morgan fingerprint density at radius 3 is 1.94 bits per heavy atom. The van der Waals surface area contributed by atoms with E-state index < -0.39 is 5.60 Å². The highest BCUT2D eigenvalue weighted by atomic mass is 16.7. The van der Waals surface area contributed by atoms with Crippen molar-refractivity contribution in [3.63, 3.8) is 0 Å². The summed E-state index contributed by atoms with van der Waals surface area (Å²) in [6.45, 7) is 3.74. The van der Waals surface area contributed by atoms with Gasteiger partial charge in [-0.15, -0.1) is 0 Å². The van der Waals surface area contributed by atoms with Crippen LogP contribution < -0.4 is 0 Å². The van der Waals surface area contributed by atoms with Gasteiger partial charge in [0.1, 0.15) is 0 Å². The van der Waals surface area contributed by atoms with Gasteiger partial charge in [-0.2, -0.15) is 0 Å². The topological polar surface area (TPSA) is 38.7 Å². The number of methoxy groups -OCH3 is 2. The van der Waals surface area contributed by atoms with Gasteiger partial charge in [0, 0.05) is 14.2 Å². The van der Waals surface area contributed by atoms with Crippen molar-refractivity contribution in [2.45, 2.75) is 70.7 Å². The molecule has 0 saturated heterocycles. The maximum atomic E-state index is 9.52. The Hall–Kier alpha value is -0.120. The largest absolute Gasteiger partial charge is 0.390 e. The summed E-state index contributed by atoms with van der Waals surface area (Å²) < 4.78 is 10.2. The lowest BCUT2D eigenvalue weighted by Gasteiger charge is -2.16. The first-order valence-corrected chi connectivity index (χ1v) is 6.27. The Bertz CT molecular complexity index is 148. The predicted molar refractivity (Wildman–Crippen MR) is 66.4 cm³/mol. The molecule has 0 aromatic heterocycles. The molecular formula is C13H28O3. The van der Waals surface area contributed by atoms with E-state index in [1.807, 2.05) is 13.8 Å². The third-order valence-electron chi connectivity index (χ3n) is 2.75. The van der Waals surface area contributed by atoms with Gasteiger partial charge in [-0.3, -0.25) is 0 Å². The minimum atomic E-state index is -0.503. The van der Waals surface area contributed by atoms with Crippen molar-refractivity contribution in [2.75, 3.05) is 14.2 Å². The molecule has 16 heavy (non-hydrogen) atoms. The Labute approximate surface area is 100 Å². The van der Waals surface area contributed by atoms with Gasteiger partial charge >= 0.3 is 0 Å². The van der Waals surface area contributed by atoms with Gasteiger partial charge in [-0.25, -0.2) is 0 Å². The third-order valence-corrected chi connectivity index (χ3v) is 2.75. The average Bonchev–Trinajstić information content (AvgIpc) is 2.21. The Kier molecular flexibility index (Phi) is 8.90. The van der Waals surface area contributed by atoms with E-state index in [0.717, 1.165) is 25.7 Å². The monoisotopic (exact) mass is 232 g/mol. The van der Waals surface area contributed by atoms with Crippen molar-refractivity contribution in [2.24, 2.45) is 0 Å². The molecule has 3 heteroatoms. The van der Waals surface area contributed by atoms with E-state index in [9.17, 15) is 5.11 Å². The van der Waals surface area contributed by atoms with E-state index in [0.29, 0.717) is 0 Å². The van der Waals surface area contributed by atoms with Crippen LogP contribution >= 0.6 is 0 Å². The van der Waals surface area contributed by atoms with E-state index in [1.165, 1.54) is 19.3 Å². The maximum absolute atomic E-state index is 9.52. The second-order valence-electron chi connectivity index (χ2n) is 5.02. The molecule has 0 aliphatic carbocycles. The van der Waals surface area contributed by atoms with E-state index >= 15 is 0 Å². The summed E-state index contributed by atoms with van der Waals surface area (Å²) in [5, 5.41) is 9.52. The van der Waals surface area contributed by atoms with Crippen LogP contribution in [0.15, 0.2) is 0 Å². The zero-order valence-corrected chi connectivity index (χ0v) is 11.3. The summed E-state index contributed by atoms with van der Waals surface area (Å²) in [4.78, 5) is 0. The predicted octanol–water partition coefficient (Wildman–Crippen LogP) is 3.11. The van der Waals surface area contributed by atoms with Gasteiger partial charge in [-0.1, -0.05) is 25.7 Å². The summed E-state index contributed by atoms with van der Waals surface area (Å²) in [6, 6.07) is 0. The number of aliphatic hydroxyl groups is 1. The van der Waals surface area contributed by atoms with Gasteiger partial charge in [0.25, 0.3) is 0 Å². The highest BCUT2D eigenvalue weighted by Gasteiger charge is 2.10. The van der Waals surface area contributed by atoms with E-state index in [4.69, 9.17) is 9.47 Å². The summed E-state index contributed by atoms with van der Waals surface area (Å²) >= 11 is 0. The summed E-state index contributed by atoms with van der Waals surface area (Å²) in [5.41, 5.74) is -0.503. The number of ether oxygens (including phenoxy) is 2. The first kappa shape index (κ1) is 15.9. The standard InChI is InChI=1S/C13H28O3/c1-13(2,14)11-9-7-5-6-8-10-12(15-3)16-4/h12,14H,5-11H2,1-4H3. The minimum absolute atomic E-state index is 0.0450. The van der Waals surface area contributed by atoms with Crippen LogP contribution in [0.1, 0.15) is 58.8 Å². The first-order chi connectivity index (χ1) is 7.49. The zero-order chi connectivity index (χ0) is 12.4. The molecular weight excluding hydrogens is 204 g/mol. The molecule has 0 fully saturated rings. The second kappa shape index (κ2) is 8.97. The SMILES string of the molecule is COC(CCCCCCCC(C)(C)O)OC. The number of hydrogen-bond acceptors (Lipinski definition) is 3. The molecule has 3 nitrogen and oxygen atoms in total. The Morgan fingerprint density at radius 1 is 0.938 bits per heavy atom. The number of rotatable bonds is 10. The molecule has 0 aromatic rings. The van der Waals surface area contributed by atoms with Crippen LogP contribution in [0.3, 0.4) is 0 Å². The fraction of sp³-hybridized carbons (Fsp3) is 1.00. The molecule has 0 radical (unpaired) electrons. The lowest BCUT2D eigenvalue weighted by molar-refractivity contribution is -0.107. The lowest BCUT2D eigenvalue weighted by atomic mass is 10.00. The Balaban J connectivity index is 3.21. The van der Waals surface area contributed by atoms with Gasteiger partial charge in [0.05, 0.1) is 5.60 Å². The van der Waals surface area contributed by atoms with E-state index in [1.54, 1.807) is 14.2 Å². The van der Waals surface area contributed by atoms with Crippen molar-refractivity contribution in [3.05, 3.63) is 0 Å². The molecule has 98 valence electrons. The fourth-order valence-corrected chi connectivity index (χ4v) is 1.73. The molecule has 0 unspecified atom stereocenters. The van der Waals surface area contributed by atoms with Crippen molar-refractivity contribution in [1.82, 2.24) is 0 Å². The molecule has 0 heterocycles. The smallest absolute Gasteiger partial charge is 0.156 e. The second-order valence-corrected chi connectivity index (χ2v) is 5.02. The average molecular weight is 232 g/mol. The minimum Gasteiger partial charge on any atom is -0.390 e. The van der Waals surface area contributed by atoms with Gasteiger partial charge in [-0.05, 0) is 33.1 Å².